The number of amides is 1. The SMILES string of the molecule is C=Cc1cc(CC(=O)NCC2CC2)ccc1F. The zero-order valence-corrected chi connectivity index (χ0v) is 9.71. The average Bonchev–Trinajstić information content (AvgIpc) is 3.13. The minimum atomic E-state index is -0.304. The molecule has 0 spiro atoms. The van der Waals surface area contributed by atoms with Crippen molar-refractivity contribution in [2.75, 3.05) is 6.54 Å². The third kappa shape index (κ3) is 3.41. The summed E-state index contributed by atoms with van der Waals surface area (Å²) in [7, 11) is 0. The van der Waals surface area contributed by atoms with Crippen molar-refractivity contribution in [1.82, 2.24) is 5.32 Å². The molecule has 1 aliphatic rings. The zero-order valence-electron chi connectivity index (χ0n) is 9.71. The molecule has 0 saturated heterocycles. The van der Waals surface area contributed by atoms with Crippen LogP contribution in [0.4, 0.5) is 4.39 Å². The van der Waals surface area contributed by atoms with Crippen molar-refractivity contribution in [3.05, 3.63) is 41.7 Å². The fraction of sp³-hybridized carbons (Fsp3) is 0.357. The summed E-state index contributed by atoms with van der Waals surface area (Å²) in [4.78, 5) is 11.6. The average molecular weight is 233 g/mol. The number of nitrogens with one attached hydrogen (secondary N) is 1. The highest BCUT2D eigenvalue weighted by Crippen LogP contribution is 2.27. The van der Waals surface area contributed by atoms with E-state index in [9.17, 15) is 9.18 Å². The van der Waals surface area contributed by atoms with Gasteiger partial charge in [0.25, 0.3) is 0 Å². The van der Waals surface area contributed by atoms with Gasteiger partial charge in [-0.2, -0.15) is 0 Å². The number of rotatable bonds is 5. The number of hydrogen-bond acceptors (Lipinski definition) is 1. The second-order valence-corrected chi connectivity index (χ2v) is 4.48. The lowest BCUT2D eigenvalue weighted by molar-refractivity contribution is -0.120. The molecule has 0 aliphatic heterocycles. The Balaban J connectivity index is 1.92. The van der Waals surface area contributed by atoms with Crippen LogP contribution >= 0.6 is 0 Å². The van der Waals surface area contributed by atoms with E-state index in [0.29, 0.717) is 17.9 Å². The third-order valence-corrected chi connectivity index (χ3v) is 2.93. The Kier molecular flexibility index (Phi) is 3.57. The number of carbonyl (C=O) groups is 1. The van der Waals surface area contributed by atoms with Crippen molar-refractivity contribution in [2.24, 2.45) is 5.92 Å². The number of benzene rings is 1. The van der Waals surface area contributed by atoms with Crippen LogP contribution in [0, 0.1) is 11.7 Å². The van der Waals surface area contributed by atoms with E-state index in [4.69, 9.17) is 0 Å². The van der Waals surface area contributed by atoms with Gasteiger partial charge in [-0.15, -0.1) is 0 Å². The standard InChI is InChI=1S/C14H16FNO/c1-2-12-7-11(5-6-13(12)15)8-14(17)16-9-10-3-4-10/h2,5-7,10H,1,3-4,8-9H2,(H,16,17). The third-order valence-electron chi connectivity index (χ3n) is 2.93. The van der Waals surface area contributed by atoms with E-state index in [1.54, 1.807) is 12.1 Å². The van der Waals surface area contributed by atoms with Crippen LogP contribution in [0.25, 0.3) is 6.08 Å². The molecule has 3 heteroatoms. The fourth-order valence-corrected chi connectivity index (χ4v) is 1.69. The zero-order chi connectivity index (χ0) is 12.3. The predicted molar refractivity (Wildman–Crippen MR) is 65.9 cm³/mol. The summed E-state index contributed by atoms with van der Waals surface area (Å²) in [6.07, 6.45) is 4.20. The van der Waals surface area contributed by atoms with Gasteiger partial charge in [0.2, 0.25) is 5.91 Å². The van der Waals surface area contributed by atoms with Crippen molar-refractivity contribution in [3.8, 4) is 0 Å². The molecule has 0 aromatic heterocycles. The predicted octanol–water partition coefficient (Wildman–Crippen LogP) is 2.54. The highest BCUT2D eigenvalue weighted by Gasteiger charge is 2.21. The molecule has 2 nitrogen and oxygen atoms in total. The Morgan fingerprint density at radius 2 is 2.29 bits per heavy atom. The van der Waals surface area contributed by atoms with Crippen LogP contribution < -0.4 is 5.32 Å². The highest BCUT2D eigenvalue weighted by molar-refractivity contribution is 5.78. The largest absolute Gasteiger partial charge is 0.356 e. The van der Waals surface area contributed by atoms with Gasteiger partial charge in [-0.05, 0) is 36.5 Å². The van der Waals surface area contributed by atoms with Gasteiger partial charge in [0.15, 0.2) is 0 Å². The van der Waals surface area contributed by atoms with E-state index in [1.807, 2.05) is 0 Å². The monoisotopic (exact) mass is 233 g/mol. The molecule has 1 saturated carbocycles. The van der Waals surface area contributed by atoms with Gasteiger partial charge in [0.1, 0.15) is 5.82 Å². The summed E-state index contributed by atoms with van der Waals surface area (Å²) in [5.41, 5.74) is 1.26. The normalized spacial score (nSPS) is 14.4. The van der Waals surface area contributed by atoms with E-state index in [1.165, 1.54) is 25.0 Å². The van der Waals surface area contributed by atoms with Gasteiger partial charge >= 0.3 is 0 Å². The topological polar surface area (TPSA) is 29.1 Å². The van der Waals surface area contributed by atoms with Gasteiger partial charge in [-0.3, -0.25) is 4.79 Å². The molecule has 0 bridgehead atoms. The van der Waals surface area contributed by atoms with E-state index in [0.717, 1.165) is 12.1 Å². The summed E-state index contributed by atoms with van der Waals surface area (Å²) in [6.45, 7) is 4.31. The van der Waals surface area contributed by atoms with E-state index in [-0.39, 0.29) is 11.7 Å². The van der Waals surface area contributed by atoms with Gasteiger partial charge in [-0.1, -0.05) is 18.7 Å². The Labute approximate surface area is 101 Å². The van der Waals surface area contributed by atoms with Crippen LogP contribution in [-0.4, -0.2) is 12.5 Å². The molecule has 1 aromatic carbocycles. The molecule has 1 amide bonds. The van der Waals surface area contributed by atoms with Crippen LogP contribution in [0.1, 0.15) is 24.0 Å². The van der Waals surface area contributed by atoms with Crippen LogP contribution in [0.5, 0.6) is 0 Å². The van der Waals surface area contributed by atoms with Crippen LogP contribution in [-0.2, 0) is 11.2 Å². The summed E-state index contributed by atoms with van der Waals surface area (Å²) in [6, 6.07) is 4.68. The first-order valence-electron chi connectivity index (χ1n) is 5.86. The van der Waals surface area contributed by atoms with Crippen molar-refractivity contribution >= 4 is 12.0 Å². The molecule has 90 valence electrons. The van der Waals surface area contributed by atoms with E-state index < -0.39 is 0 Å². The lowest BCUT2D eigenvalue weighted by atomic mass is 10.1. The van der Waals surface area contributed by atoms with Crippen molar-refractivity contribution in [2.45, 2.75) is 19.3 Å². The number of hydrogen-bond donors (Lipinski definition) is 1. The maximum absolute atomic E-state index is 13.2. The Bertz CT molecular complexity index is 438. The molecule has 0 heterocycles. The lowest BCUT2D eigenvalue weighted by Crippen LogP contribution is -2.27. The number of halogens is 1. The molecular formula is C14H16FNO. The van der Waals surface area contributed by atoms with Crippen molar-refractivity contribution in [3.63, 3.8) is 0 Å². The van der Waals surface area contributed by atoms with Gasteiger partial charge in [0, 0.05) is 12.1 Å². The molecule has 0 atom stereocenters. The first kappa shape index (κ1) is 11.8. The lowest BCUT2D eigenvalue weighted by Gasteiger charge is -2.05. The molecule has 1 fully saturated rings. The smallest absolute Gasteiger partial charge is 0.224 e. The summed E-state index contributed by atoms with van der Waals surface area (Å²) < 4.78 is 13.2. The quantitative estimate of drug-likeness (QED) is 0.832. The van der Waals surface area contributed by atoms with Crippen LogP contribution in [0.3, 0.4) is 0 Å². The minimum absolute atomic E-state index is 0.00137. The second-order valence-electron chi connectivity index (χ2n) is 4.48. The molecule has 1 aliphatic carbocycles. The molecule has 17 heavy (non-hydrogen) atoms. The van der Waals surface area contributed by atoms with Gasteiger partial charge in [0.05, 0.1) is 6.42 Å². The molecular weight excluding hydrogens is 217 g/mol. The summed E-state index contributed by atoms with van der Waals surface area (Å²) in [5, 5.41) is 2.89. The highest BCUT2D eigenvalue weighted by atomic mass is 19.1. The second kappa shape index (κ2) is 5.13. The Morgan fingerprint density at radius 1 is 1.53 bits per heavy atom. The minimum Gasteiger partial charge on any atom is -0.356 e. The Hall–Kier alpha value is -1.64. The molecule has 0 unspecified atom stereocenters. The number of carbonyl (C=O) groups excluding carboxylic acids is 1. The molecule has 0 radical (unpaired) electrons. The molecule has 1 N–H and O–H groups in total. The van der Waals surface area contributed by atoms with Gasteiger partial charge in [-0.25, -0.2) is 4.39 Å². The van der Waals surface area contributed by atoms with E-state index >= 15 is 0 Å². The maximum Gasteiger partial charge on any atom is 0.224 e. The van der Waals surface area contributed by atoms with E-state index in [2.05, 4.69) is 11.9 Å². The summed E-state index contributed by atoms with van der Waals surface area (Å²) in [5.74, 6) is 0.372. The maximum atomic E-state index is 13.2. The van der Waals surface area contributed by atoms with Crippen LogP contribution in [0.15, 0.2) is 24.8 Å². The fourth-order valence-electron chi connectivity index (χ4n) is 1.69. The first-order valence-corrected chi connectivity index (χ1v) is 5.86. The van der Waals surface area contributed by atoms with Crippen molar-refractivity contribution in [1.29, 1.82) is 0 Å². The van der Waals surface area contributed by atoms with Crippen molar-refractivity contribution < 1.29 is 9.18 Å². The summed E-state index contributed by atoms with van der Waals surface area (Å²) >= 11 is 0. The first-order chi connectivity index (χ1) is 8.19. The molecule has 2 rings (SSSR count). The van der Waals surface area contributed by atoms with Gasteiger partial charge < -0.3 is 5.32 Å². The molecule has 1 aromatic rings. The Morgan fingerprint density at radius 3 is 2.94 bits per heavy atom. The van der Waals surface area contributed by atoms with Crippen LogP contribution in [0.2, 0.25) is 0 Å².